The second-order valence-electron chi connectivity index (χ2n) is 6.96. The predicted octanol–water partition coefficient (Wildman–Crippen LogP) is 6.79. The van der Waals surface area contributed by atoms with Crippen molar-refractivity contribution in [3.05, 3.63) is 97.0 Å². The highest BCUT2D eigenvalue weighted by Gasteiger charge is 2.32. The van der Waals surface area contributed by atoms with E-state index >= 15 is 0 Å². The third kappa shape index (κ3) is 3.97. The fourth-order valence-corrected chi connectivity index (χ4v) is 5.16. The van der Waals surface area contributed by atoms with Gasteiger partial charge in [0.05, 0.1) is 27.2 Å². The Morgan fingerprint density at radius 2 is 1.84 bits per heavy atom. The summed E-state index contributed by atoms with van der Waals surface area (Å²) in [7, 11) is 0. The largest absolute Gasteiger partial charge is 0.269 e. The molecule has 0 fully saturated rings. The zero-order valence-electron chi connectivity index (χ0n) is 16.0. The minimum atomic E-state index is -0.386. The van der Waals surface area contributed by atoms with E-state index < -0.39 is 0 Å². The number of hydrazone groups is 1. The van der Waals surface area contributed by atoms with Crippen LogP contribution in [0.25, 0.3) is 11.3 Å². The van der Waals surface area contributed by atoms with Crippen molar-refractivity contribution in [3.63, 3.8) is 0 Å². The third-order valence-corrected chi connectivity index (χ3v) is 7.03. The van der Waals surface area contributed by atoms with Gasteiger partial charge in [0, 0.05) is 34.5 Å². The second-order valence-corrected chi connectivity index (χ2v) is 9.18. The maximum Gasteiger partial charge on any atom is 0.269 e. The summed E-state index contributed by atoms with van der Waals surface area (Å²) in [5, 5.41) is 23.4. The maximum atomic E-state index is 11.0. The van der Waals surface area contributed by atoms with Gasteiger partial charge in [0.15, 0.2) is 0 Å². The number of nitrogens with zero attached hydrogens (tertiary/aromatic N) is 4. The molecule has 9 heteroatoms. The van der Waals surface area contributed by atoms with E-state index in [1.165, 1.54) is 23.5 Å². The maximum absolute atomic E-state index is 11.0. The fourth-order valence-electron chi connectivity index (χ4n) is 3.48. The molecule has 154 valence electrons. The number of benzene rings is 2. The summed E-state index contributed by atoms with van der Waals surface area (Å²) in [5.74, 6) is 0. The van der Waals surface area contributed by atoms with Crippen molar-refractivity contribution in [2.45, 2.75) is 12.5 Å². The van der Waals surface area contributed by atoms with Gasteiger partial charge >= 0.3 is 0 Å². The first-order valence-electron chi connectivity index (χ1n) is 9.45. The molecule has 0 saturated heterocycles. The number of aromatic nitrogens is 1. The molecule has 0 spiro atoms. The van der Waals surface area contributed by atoms with Crippen LogP contribution in [-0.2, 0) is 0 Å². The molecule has 2 aromatic heterocycles. The van der Waals surface area contributed by atoms with E-state index in [0.29, 0.717) is 11.4 Å². The van der Waals surface area contributed by atoms with E-state index in [1.807, 2.05) is 46.1 Å². The van der Waals surface area contributed by atoms with E-state index in [9.17, 15) is 10.1 Å². The van der Waals surface area contributed by atoms with Crippen LogP contribution in [0.1, 0.15) is 22.9 Å². The molecule has 6 nitrogen and oxygen atoms in total. The Morgan fingerprint density at radius 1 is 1.06 bits per heavy atom. The molecular formula is C22H15ClN4O2S2. The average Bonchev–Trinajstić information content (AvgIpc) is 3.54. The first-order valence-corrected chi connectivity index (χ1v) is 11.6. The third-order valence-electron chi connectivity index (χ3n) is 5.03. The van der Waals surface area contributed by atoms with Crippen molar-refractivity contribution in [1.82, 2.24) is 4.98 Å². The molecule has 4 aromatic rings. The molecule has 5 rings (SSSR count). The molecule has 0 N–H and O–H groups in total. The summed E-state index contributed by atoms with van der Waals surface area (Å²) in [6.45, 7) is 0. The van der Waals surface area contributed by atoms with Gasteiger partial charge in [0.1, 0.15) is 0 Å². The SMILES string of the molecule is O=[N+]([O-])c1ccc([C@@H]2CC(c3cccs3)=NN2c2nc(-c3ccc(Cl)cc3)cs2)cc1. The number of non-ortho nitro benzene ring substituents is 1. The van der Waals surface area contributed by atoms with Crippen molar-refractivity contribution in [2.24, 2.45) is 5.10 Å². The topological polar surface area (TPSA) is 71.6 Å². The summed E-state index contributed by atoms with van der Waals surface area (Å²) in [6.07, 6.45) is 0.703. The molecule has 0 aliphatic carbocycles. The molecule has 3 heterocycles. The number of hydrogen-bond donors (Lipinski definition) is 0. The van der Waals surface area contributed by atoms with Crippen molar-refractivity contribution in [1.29, 1.82) is 0 Å². The number of nitro groups is 1. The zero-order valence-corrected chi connectivity index (χ0v) is 18.4. The van der Waals surface area contributed by atoms with Crippen LogP contribution in [0.5, 0.6) is 0 Å². The van der Waals surface area contributed by atoms with Crippen LogP contribution in [0, 0.1) is 10.1 Å². The molecular weight excluding hydrogens is 452 g/mol. The van der Waals surface area contributed by atoms with Crippen LogP contribution in [0.15, 0.2) is 76.5 Å². The molecule has 0 unspecified atom stereocenters. The van der Waals surface area contributed by atoms with Gasteiger partial charge in [0.2, 0.25) is 5.13 Å². The highest BCUT2D eigenvalue weighted by atomic mass is 35.5. The minimum Gasteiger partial charge on any atom is -0.258 e. The van der Waals surface area contributed by atoms with Crippen molar-refractivity contribution in [3.8, 4) is 11.3 Å². The van der Waals surface area contributed by atoms with Gasteiger partial charge in [-0.1, -0.05) is 41.9 Å². The molecule has 1 aliphatic rings. The number of thiazole rings is 1. The van der Waals surface area contributed by atoms with E-state index in [1.54, 1.807) is 23.5 Å². The van der Waals surface area contributed by atoms with E-state index in [0.717, 1.165) is 32.5 Å². The monoisotopic (exact) mass is 466 g/mol. The molecule has 2 aromatic carbocycles. The van der Waals surface area contributed by atoms with E-state index in [2.05, 4.69) is 6.07 Å². The molecule has 0 radical (unpaired) electrons. The summed E-state index contributed by atoms with van der Waals surface area (Å²) in [5.41, 5.74) is 3.87. The number of thiophene rings is 1. The van der Waals surface area contributed by atoms with Gasteiger partial charge in [-0.3, -0.25) is 10.1 Å². The lowest BCUT2D eigenvalue weighted by Gasteiger charge is -2.21. The lowest BCUT2D eigenvalue weighted by atomic mass is 10.0. The summed E-state index contributed by atoms with van der Waals surface area (Å²) in [6, 6.07) is 18.2. The number of rotatable bonds is 5. The van der Waals surface area contributed by atoms with Crippen LogP contribution in [0.4, 0.5) is 10.8 Å². The van der Waals surface area contributed by atoms with Crippen LogP contribution in [0.3, 0.4) is 0 Å². The van der Waals surface area contributed by atoms with Crippen LogP contribution < -0.4 is 5.01 Å². The molecule has 0 saturated carbocycles. The Balaban J connectivity index is 1.51. The van der Waals surface area contributed by atoms with Gasteiger partial charge in [-0.15, -0.1) is 22.7 Å². The molecule has 0 bridgehead atoms. The van der Waals surface area contributed by atoms with Gasteiger partial charge in [0.25, 0.3) is 5.69 Å². The summed E-state index contributed by atoms with van der Waals surface area (Å²) >= 11 is 9.18. The molecule has 0 amide bonds. The quantitative estimate of drug-likeness (QED) is 0.240. The number of halogens is 1. The smallest absolute Gasteiger partial charge is 0.258 e. The fraction of sp³-hybridized carbons (Fsp3) is 0.0909. The number of hydrogen-bond acceptors (Lipinski definition) is 7. The highest BCUT2D eigenvalue weighted by molar-refractivity contribution is 7.14. The lowest BCUT2D eigenvalue weighted by Crippen LogP contribution is -2.18. The number of anilines is 1. The van der Waals surface area contributed by atoms with Crippen LogP contribution in [0.2, 0.25) is 5.02 Å². The minimum absolute atomic E-state index is 0.0759. The molecule has 31 heavy (non-hydrogen) atoms. The highest BCUT2D eigenvalue weighted by Crippen LogP contribution is 2.40. The van der Waals surface area contributed by atoms with E-state index in [-0.39, 0.29) is 16.7 Å². The van der Waals surface area contributed by atoms with Gasteiger partial charge in [-0.25, -0.2) is 9.99 Å². The van der Waals surface area contributed by atoms with Crippen molar-refractivity contribution in [2.75, 3.05) is 5.01 Å². The zero-order chi connectivity index (χ0) is 21.4. The van der Waals surface area contributed by atoms with Gasteiger partial charge in [-0.05, 0) is 29.1 Å². The molecule has 1 aliphatic heterocycles. The average molecular weight is 467 g/mol. The summed E-state index contributed by atoms with van der Waals surface area (Å²) in [4.78, 5) is 16.6. The Labute approximate surface area is 191 Å². The first-order chi connectivity index (χ1) is 15.1. The first kappa shape index (κ1) is 19.9. The summed E-state index contributed by atoms with van der Waals surface area (Å²) < 4.78 is 0. The predicted molar refractivity (Wildman–Crippen MR) is 126 cm³/mol. The van der Waals surface area contributed by atoms with E-state index in [4.69, 9.17) is 21.7 Å². The normalized spacial score (nSPS) is 15.8. The number of nitro benzene ring substituents is 1. The van der Waals surface area contributed by atoms with Crippen LogP contribution in [-0.4, -0.2) is 15.6 Å². The lowest BCUT2D eigenvalue weighted by molar-refractivity contribution is -0.384. The second kappa shape index (κ2) is 8.22. The Kier molecular flexibility index (Phi) is 5.27. The van der Waals surface area contributed by atoms with Gasteiger partial charge in [-0.2, -0.15) is 5.10 Å². The van der Waals surface area contributed by atoms with Crippen LogP contribution >= 0.6 is 34.3 Å². The van der Waals surface area contributed by atoms with Crippen molar-refractivity contribution >= 4 is 50.8 Å². The molecule has 1 atom stereocenters. The van der Waals surface area contributed by atoms with Gasteiger partial charge < -0.3 is 0 Å². The Hall–Kier alpha value is -3.07. The van der Waals surface area contributed by atoms with Crippen molar-refractivity contribution < 1.29 is 4.92 Å². The Bertz CT molecular complexity index is 1250. The Morgan fingerprint density at radius 3 is 2.52 bits per heavy atom. The standard InChI is InChI=1S/C22H15ClN4O2S2/c23-16-7-3-14(4-8-16)19-13-31-22(24-19)26-20(12-18(25-26)21-2-1-11-30-21)15-5-9-17(10-6-15)27(28)29/h1-11,13,20H,12H2/t20-/m0/s1.